The van der Waals surface area contributed by atoms with Crippen molar-refractivity contribution in [3.05, 3.63) is 70.8 Å². The number of nitrogens with zero attached hydrogens (tertiary/aromatic N) is 4. The molecule has 0 bridgehead atoms. The second kappa shape index (κ2) is 10.6. The average Bonchev–Trinajstić information content (AvgIpc) is 3.54. The number of halogens is 2. The third kappa shape index (κ3) is 5.66. The summed E-state index contributed by atoms with van der Waals surface area (Å²) in [5.41, 5.74) is 3.88. The van der Waals surface area contributed by atoms with Crippen LogP contribution in [-0.2, 0) is 9.53 Å². The van der Waals surface area contributed by atoms with Crippen LogP contribution in [0.5, 0.6) is 0 Å². The summed E-state index contributed by atoms with van der Waals surface area (Å²) < 4.78 is 22.1. The molecule has 1 fully saturated rings. The zero-order valence-electron chi connectivity index (χ0n) is 22.8. The van der Waals surface area contributed by atoms with Crippen LogP contribution < -0.4 is 0 Å². The Morgan fingerprint density at radius 1 is 1.15 bits per heavy atom. The number of imidazole rings is 1. The van der Waals surface area contributed by atoms with Gasteiger partial charge in [-0.3, -0.25) is 9.69 Å². The van der Waals surface area contributed by atoms with Gasteiger partial charge in [0.05, 0.1) is 23.4 Å². The lowest BCUT2D eigenvalue weighted by molar-refractivity contribution is -0.135. The molecule has 0 spiro atoms. The van der Waals surface area contributed by atoms with Gasteiger partial charge >= 0.3 is 6.09 Å². The molecule has 1 saturated heterocycles. The quantitative estimate of drug-likeness (QED) is 0.373. The van der Waals surface area contributed by atoms with Crippen LogP contribution >= 0.6 is 11.6 Å². The van der Waals surface area contributed by atoms with E-state index in [0.29, 0.717) is 43.1 Å². The highest BCUT2D eigenvalue weighted by atomic mass is 35.5. The number of carbonyl (C=O) groups is 2. The van der Waals surface area contributed by atoms with Gasteiger partial charge in [-0.2, -0.15) is 0 Å². The molecule has 3 aromatic rings. The number of aromatic nitrogens is 2. The molecule has 1 aromatic heterocycles. The minimum atomic E-state index is -0.604. The molecule has 9 heteroatoms. The number of fused-ring (bicyclic) bond motifs is 1. The van der Waals surface area contributed by atoms with E-state index in [1.807, 2.05) is 49.3 Å². The molecule has 2 atom stereocenters. The minimum absolute atomic E-state index is 0.0268. The molecule has 0 aliphatic carbocycles. The molecular weight excluding hydrogens is 519 g/mol. The molecule has 206 valence electrons. The fourth-order valence-electron chi connectivity index (χ4n) is 5.43. The van der Waals surface area contributed by atoms with Crippen molar-refractivity contribution < 1.29 is 18.7 Å². The number of likely N-dealkylation sites (tertiary alicyclic amines) is 1. The maximum atomic E-state index is 14.6. The third-order valence-electron chi connectivity index (χ3n) is 7.46. The van der Waals surface area contributed by atoms with E-state index in [9.17, 15) is 14.0 Å². The van der Waals surface area contributed by atoms with Crippen LogP contribution in [0.4, 0.5) is 9.18 Å². The zero-order chi connectivity index (χ0) is 27.9. The number of benzene rings is 2. The number of rotatable bonds is 4. The lowest BCUT2D eigenvalue weighted by Gasteiger charge is -2.33. The second-order valence-corrected chi connectivity index (χ2v) is 11.7. The van der Waals surface area contributed by atoms with Crippen molar-refractivity contribution in [2.45, 2.75) is 64.6 Å². The normalized spacial score (nSPS) is 18.8. The van der Waals surface area contributed by atoms with E-state index >= 15 is 0 Å². The predicted octanol–water partition coefficient (Wildman–Crippen LogP) is 6.45. The first-order valence-corrected chi connectivity index (χ1v) is 13.8. The third-order valence-corrected chi connectivity index (χ3v) is 7.70. The Hall–Kier alpha value is -3.39. The maximum absolute atomic E-state index is 14.6. The Morgan fingerprint density at radius 2 is 1.95 bits per heavy atom. The monoisotopic (exact) mass is 552 g/mol. The predicted molar refractivity (Wildman–Crippen MR) is 150 cm³/mol. The van der Waals surface area contributed by atoms with Crippen molar-refractivity contribution in [1.82, 2.24) is 19.4 Å². The Morgan fingerprint density at radius 3 is 2.64 bits per heavy atom. The molecular formula is C30H34ClFN4O3. The van der Waals surface area contributed by atoms with Gasteiger partial charge in [-0.05, 0) is 82.4 Å². The first-order chi connectivity index (χ1) is 18.5. The van der Waals surface area contributed by atoms with Gasteiger partial charge in [-0.25, -0.2) is 14.2 Å². The zero-order valence-corrected chi connectivity index (χ0v) is 23.5. The van der Waals surface area contributed by atoms with E-state index in [4.69, 9.17) is 16.3 Å². The fourth-order valence-corrected chi connectivity index (χ4v) is 5.59. The van der Waals surface area contributed by atoms with Crippen molar-refractivity contribution in [3.63, 3.8) is 0 Å². The van der Waals surface area contributed by atoms with E-state index < -0.39 is 17.7 Å². The number of amides is 2. The second-order valence-electron chi connectivity index (χ2n) is 11.3. The highest BCUT2D eigenvalue weighted by Gasteiger charge is 2.38. The maximum Gasteiger partial charge on any atom is 0.410 e. The van der Waals surface area contributed by atoms with Gasteiger partial charge in [0.15, 0.2) is 0 Å². The molecule has 2 aliphatic rings. The summed E-state index contributed by atoms with van der Waals surface area (Å²) in [5, 5.41) is 0.364. The summed E-state index contributed by atoms with van der Waals surface area (Å²) in [6.45, 7) is 9.02. The van der Waals surface area contributed by atoms with Crippen LogP contribution in [0.1, 0.15) is 64.1 Å². The molecule has 7 nitrogen and oxygen atoms in total. The Balaban J connectivity index is 1.32. The van der Waals surface area contributed by atoms with E-state index in [2.05, 4.69) is 17.1 Å². The van der Waals surface area contributed by atoms with E-state index in [-0.39, 0.29) is 17.8 Å². The van der Waals surface area contributed by atoms with E-state index in [1.54, 1.807) is 23.4 Å². The molecule has 2 amide bonds. The van der Waals surface area contributed by atoms with Crippen molar-refractivity contribution in [1.29, 1.82) is 0 Å². The lowest BCUT2D eigenvalue weighted by Crippen LogP contribution is -2.49. The van der Waals surface area contributed by atoms with Crippen molar-refractivity contribution in [2.24, 2.45) is 0 Å². The summed E-state index contributed by atoms with van der Waals surface area (Å²) in [6.07, 6.45) is 5.53. The number of ether oxygens (including phenoxy) is 1. The van der Waals surface area contributed by atoms with Gasteiger partial charge in [0, 0.05) is 30.2 Å². The van der Waals surface area contributed by atoms with Gasteiger partial charge in [0.1, 0.15) is 17.5 Å². The summed E-state index contributed by atoms with van der Waals surface area (Å²) in [6, 6.07) is 10.1. The lowest BCUT2D eigenvalue weighted by atomic mass is 9.98. The summed E-state index contributed by atoms with van der Waals surface area (Å²) in [7, 11) is 0. The smallest absolute Gasteiger partial charge is 0.410 e. The first-order valence-electron chi connectivity index (χ1n) is 13.4. The Labute approximate surface area is 233 Å². The van der Waals surface area contributed by atoms with Crippen LogP contribution in [0.25, 0.3) is 16.6 Å². The van der Waals surface area contributed by atoms with Crippen molar-refractivity contribution >= 4 is 40.2 Å². The van der Waals surface area contributed by atoms with Crippen LogP contribution in [0.3, 0.4) is 0 Å². The topological polar surface area (TPSA) is 67.7 Å². The molecule has 1 unspecified atom stereocenters. The van der Waals surface area contributed by atoms with E-state index in [0.717, 1.165) is 28.6 Å². The molecule has 2 aliphatic heterocycles. The standard InChI is InChI=1S/C30H34ClFN4O3/c1-19(23-9-8-22(31)17-24(23)32)36-18-33-25-10-7-21(16-27(25)36)20-11-14-34(15-12-20)28(37)26-6-5-13-35(26)29(38)39-30(2,3)4/h7-11,16-19,26H,5-6,12-15H2,1-4H3/t19-,26?/m1/s1. The van der Waals surface area contributed by atoms with Crippen molar-refractivity contribution in [2.75, 3.05) is 19.6 Å². The van der Waals surface area contributed by atoms with Crippen LogP contribution in [0.2, 0.25) is 5.02 Å². The molecule has 5 rings (SSSR count). The van der Waals surface area contributed by atoms with Crippen LogP contribution in [-0.4, -0.2) is 62.6 Å². The SMILES string of the molecule is C[C@H](c1ccc(Cl)cc1F)n1cnc2ccc(C3=CCN(C(=O)C4CCCN4C(=O)OC(C)(C)C)CC3)cc21. The van der Waals surface area contributed by atoms with Crippen molar-refractivity contribution in [3.8, 4) is 0 Å². The highest BCUT2D eigenvalue weighted by Crippen LogP contribution is 2.31. The van der Waals surface area contributed by atoms with E-state index in [1.165, 1.54) is 6.07 Å². The van der Waals surface area contributed by atoms with Gasteiger partial charge < -0.3 is 14.2 Å². The summed E-state index contributed by atoms with van der Waals surface area (Å²) in [5.74, 6) is -0.374. The van der Waals surface area contributed by atoms with Crippen LogP contribution in [0.15, 0.2) is 48.8 Å². The minimum Gasteiger partial charge on any atom is -0.444 e. The Kier molecular flexibility index (Phi) is 7.42. The molecule has 39 heavy (non-hydrogen) atoms. The number of carbonyl (C=O) groups excluding carboxylic acids is 2. The first kappa shape index (κ1) is 27.2. The summed E-state index contributed by atoms with van der Waals surface area (Å²) in [4.78, 5) is 34.0. The number of hydrogen-bond acceptors (Lipinski definition) is 4. The van der Waals surface area contributed by atoms with Gasteiger partial charge in [0.25, 0.3) is 0 Å². The van der Waals surface area contributed by atoms with Crippen LogP contribution in [0, 0.1) is 5.82 Å². The Bertz CT molecular complexity index is 1440. The molecule has 0 saturated carbocycles. The van der Waals surface area contributed by atoms with Gasteiger partial charge in [-0.15, -0.1) is 0 Å². The summed E-state index contributed by atoms with van der Waals surface area (Å²) >= 11 is 5.95. The molecule has 2 aromatic carbocycles. The van der Waals surface area contributed by atoms with Gasteiger partial charge in [-0.1, -0.05) is 29.8 Å². The fraction of sp³-hybridized carbons (Fsp3) is 0.433. The average molecular weight is 553 g/mol. The highest BCUT2D eigenvalue weighted by molar-refractivity contribution is 6.30. The van der Waals surface area contributed by atoms with Gasteiger partial charge in [0.2, 0.25) is 5.91 Å². The molecule has 0 radical (unpaired) electrons. The molecule has 0 N–H and O–H groups in total. The number of hydrogen-bond donors (Lipinski definition) is 0. The largest absolute Gasteiger partial charge is 0.444 e. The molecule has 3 heterocycles.